The van der Waals surface area contributed by atoms with Crippen molar-refractivity contribution in [2.45, 2.75) is 25.8 Å². The smallest absolute Gasteiger partial charge is 0.227 e. The molecule has 1 fully saturated rings. The number of hydrogen-bond acceptors (Lipinski definition) is 6. The monoisotopic (exact) mass is 308 g/mol. The molecular formula is C10H17ClN4OS2. The largest absolute Gasteiger partial charge is 0.312 e. The van der Waals surface area contributed by atoms with Gasteiger partial charge in [0.05, 0.1) is 0 Å². The van der Waals surface area contributed by atoms with Crippen LogP contribution in [-0.2, 0) is 11.2 Å². The van der Waals surface area contributed by atoms with Crippen molar-refractivity contribution in [1.29, 1.82) is 0 Å². The van der Waals surface area contributed by atoms with E-state index in [9.17, 15) is 4.79 Å². The second-order valence-corrected chi connectivity index (χ2v) is 6.04. The van der Waals surface area contributed by atoms with Crippen LogP contribution in [0.5, 0.6) is 0 Å². The van der Waals surface area contributed by atoms with Crippen molar-refractivity contribution in [2.75, 3.05) is 23.4 Å². The Labute approximate surface area is 121 Å². The van der Waals surface area contributed by atoms with Crippen LogP contribution in [0.1, 0.15) is 18.4 Å². The molecule has 0 aliphatic carbocycles. The number of thioether (sulfide) groups is 1. The van der Waals surface area contributed by atoms with E-state index in [2.05, 4.69) is 20.8 Å². The molecule has 0 bridgehead atoms. The number of nitrogens with one attached hydrogen (secondary N) is 2. The number of halogens is 1. The SMILES string of the molecule is CCc1nnc(NC(=O)CC2CSCCN2)s1.Cl. The van der Waals surface area contributed by atoms with Gasteiger partial charge in [0.1, 0.15) is 5.01 Å². The molecule has 2 N–H and O–H groups in total. The molecule has 0 radical (unpaired) electrons. The second-order valence-electron chi connectivity index (χ2n) is 3.83. The Morgan fingerprint density at radius 1 is 1.56 bits per heavy atom. The molecule has 102 valence electrons. The first-order valence-electron chi connectivity index (χ1n) is 5.71. The molecule has 0 spiro atoms. The Morgan fingerprint density at radius 2 is 2.39 bits per heavy atom. The summed E-state index contributed by atoms with van der Waals surface area (Å²) in [5, 5.41) is 15.6. The van der Waals surface area contributed by atoms with Crippen LogP contribution < -0.4 is 10.6 Å². The lowest BCUT2D eigenvalue weighted by molar-refractivity contribution is -0.116. The molecule has 1 amide bonds. The Balaban J connectivity index is 0.00000162. The summed E-state index contributed by atoms with van der Waals surface area (Å²) in [6, 6.07) is 0.285. The number of aromatic nitrogens is 2. The Kier molecular flexibility index (Phi) is 6.91. The number of amides is 1. The van der Waals surface area contributed by atoms with Gasteiger partial charge in [0, 0.05) is 30.5 Å². The molecule has 1 saturated heterocycles. The highest BCUT2D eigenvalue weighted by Gasteiger charge is 2.17. The van der Waals surface area contributed by atoms with Crippen molar-refractivity contribution in [3.8, 4) is 0 Å². The average molecular weight is 309 g/mol. The number of aryl methyl sites for hydroxylation is 1. The van der Waals surface area contributed by atoms with Gasteiger partial charge in [-0.25, -0.2) is 0 Å². The summed E-state index contributed by atoms with van der Waals surface area (Å²) in [5.41, 5.74) is 0. The van der Waals surface area contributed by atoms with Crippen LogP contribution in [0, 0.1) is 0 Å². The second kappa shape index (κ2) is 7.93. The van der Waals surface area contributed by atoms with E-state index in [1.54, 1.807) is 0 Å². The molecular weight excluding hydrogens is 292 g/mol. The highest BCUT2D eigenvalue weighted by atomic mass is 35.5. The van der Waals surface area contributed by atoms with Gasteiger partial charge < -0.3 is 10.6 Å². The number of hydrogen-bond donors (Lipinski definition) is 2. The van der Waals surface area contributed by atoms with Gasteiger partial charge in [-0.15, -0.1) is 22.6 Å². The third kappa shape index (κ3) is 4.72. The zero-order valence-electron chi connectivity index (χ0n) is 10.1. The lowest BCUT2D eigenvalue weighted by atomic mass is 10.2. The van der Waals surface area contributed by atoms with E-state index in [4.69, 9.17) is 0 Å². The van der Waals surface area contributed by atoms with Gasteiger partial charge in [-0.3, -0.25) is 4.79 Å². The lowest BCUT2D eigenvalue weighted by Gasteiger charge is -2.22. The first-order valence-corrected chi connectivity index (χ1v) is 7.68. The van der Waals surface area contributed by atoms with Gasteiger partial charge in [-0.2, -0.15) is 11.8 Å². The van der Waals surface area contributed by atoms with Crippen molar-refractivity contribution in [2.24, 2.45) is 0 Å². The molecule has 1 aromatic rings. The van der Waals surface area contributed by atoms with Crippen LogP contribution in [0.2, 0.25) is 0 Å². The van der Waals surface area contributed by atoms with E-state index in [1.807, 2.05) is 18.7 Å². The summed E-state index contributed by atoms with van der Waals surface area (Å²) in [4.78, 5) is 11.8. The maximum atomic E-state index is 11.8. The zero-order valence-corrected chi connectivity index (χ0v) is 12.6. The van der Waals surface area contributed by atoms with E-state index in [0.29, 0.717) is 11.6 Å². The summed E-state index contributed by atoms with van der Waals surface area (Å²) >= 11 is 3.33. The van der Waals surface area contributed by atoms with E-state index >= 15 is 0 Å². The maximum Gasteiger partial charge on any atom is 0.227 e. The molecule has 1 atom stereocenters. The Bertz CT molecular complexity index is 382. The van der Waals surface area contributed by atoms with Gasteiger partial charge in [0.2, 0.25) is 11.0 Å². The predicted octanol–water partition coefficient (Wildman–Crippen LogP) is 1.56. The van der Waals surface area contributed by atoms with Gasteiger partial charge >= 0.3 is 0 Å². The molecule has 0 aromatic carbocycles. The normalized spacial score (nSPS) is 19.1. The summed E-state index contributed by atoms with van der Waals surface area (Å²) in [6.45, 7) is 3.01. The van der Waals surface area contributed by atoms with Gasteiger partial charge in [0.25, 0.3) is 0 Å². The van der Waals surface area contributed by atoms with Gasteiger partial charge in [-0.1, -0.05) is 18.3 Å². The fourth-order valence-corrected chi connectivity index (χ4v) is 3.24. The molecule has 1 unspecified atom stereocenters. The quantitative estimate of drug-likeness (QED) is 0.883. The minimum absolute atomic E-state index is 0. The summed E-state index contributed by atoms with van der Waals surface area (Å²) < 4.78 is 0. The number of carbonyl (C=O) groups excluding carboxylic acids is 1. The topological polar surface area (TPSA) is 66.9 Å². The third-order valence-electron chi connectivity index (χ3n) is 2.45. The van der Waals surface area contributed by atoms with Crippen LogP contribution in [0.4, 0.5) is 5.13 Å². The van der Waals surface area contributed by atoms with E-state index in [1.165, 1.54) is 11.3 Å². The van der Waals surface area contributed by atoms with Crippen molar-refractivity contribution in [3.05, 3.63) is 5.01 Å². The number of carbonyl (C=O) groups is 1. The van der Waals surface area contributed by atoms with Gasteiger partial charge in [-0.05, 0) is 6.42 Å². The molecule has 5 nitrogen and oxygen atoms in total. The highest BCUT2D eigenvalue weighted by molar-refractivity contribution is 7.99. The molecule has 2 rings (SSSR count). The van der Waals surface area contributed by atoms with Crippen LogP contribution in [0.25, 0.3) is 0 Å². The fraction of sp³-hybridized carbons (Fsp3) is 0.700. The maximum absolute atomic E-state index is 11.8. The lowest BCUT2D eigenvalue weighted by Crippen LogP contribution is -2.39. The molecule has 1 aromatic heterocycles. The van der Waals surface area contributed by atoms with Crippen LogP contribution >= 0.6 is 35.5 Å². The molecule has 8 heteroatoms. The number of rotatable bonds is 4. The molecule has 0 saturated carbocycles. The third-order valence-corrected chi connectivity index (χ3v) is 4.56. The standard InChI is InChI=1S/C10H16N4OS2.ClH/c1-2-9-13-14-10(17-9)12-8(15)5-7-6-16-4-3-11-7;/h7,11H,2-6H2,1H3,(H,12,14,15);1H. The summed E-state index contributed by atoms with van der Waals surface area (Å²) in [7, 11) is 0. The molecule has 1 aliphatic heterocycles. The predicted molar refractivity (Wildman–Crippen MR) is 78.9 cm³/mol. The Hall–Kier alpha value is -0.370. The minimum Gasteiger partial charge on any atom is -0.312 e. The van der Waals surface area contributed by atoms with Crippen molar-refractivity contribution < 1.29 is 4.79 Å². The fourth-order valence-electron chi connectivity index (χ4n) is 1.59. The zero-order chi connectivity index (χ0) is 12.1. The molecule has 2 heterocycles. The Morgan fingerprint density at radius 3 is 3.00 bits per heavy atom. The number of anilines is 1. The van der Waals surface area contributed by atoms with Crippen LogP contribution in [0.3, 0.4) is 0 Å². The summed E-state index contributed by atoms with van der Waals surface area (Å²) in [6.07, 6.45) is 1.36. The first kappa shape index (κ1) is 15.7. The van der Waals surface area contributed by atoms with Crippen LogP contribution in [0.15, 0.2) is 0 Å². The van der Waals surface area contributed by atoms with E-state index in [0.717, 1.165) is 29.5 Å². The number of nitrogens with zero attached hydrogens (tertiary/aromatic N) is 2. The molecule has 18 heavy (non-hydrogen) atoms. The van der Waals surface area contributed by atoms with Crippen molar-refractivity contribution in [1.82, 2.24) is 15.5 Å². The highest BCUT2D eigenvalue weighted by Crippen LogP contribution is 2.16. The van der Waals surface area contributed by atoms with Crippen molar-refractivity contribution in [3.63, 3.8) is 0 Å². The van der Waals surface area contributed by atoms with Gasteiger partial charge in [0.15, 0.2) is 0 Å². The first-order chi connectivity index (χ1) is 8.28. The summed E-state index contributed by atoms with van der Waals surface area (Å²) in [5.74, 6) is 2.15. The molecule has 1 aliphatic rings. The van der Waals surface area contributed by atoms with E-state index < -0.39 is 0 Å². The van der Waals surface area contributed by atoms with Crippen molar-refractivity contribution >= 4 is 46.5 Å². The average Bonchev–Trinajstić information content (AvgIpc) is 2.78. The van der Waals surface area contributed by atoms with E-state index in [-0.39, 0.29) is 24.4 Å². The minimum atomic E-state index is 0. The van der Waals surface area contributed by atoms with Crippen LogP contribution in [-0.4, -0.2) is 40.2 Å².